The van der Waals surface area contributed by atoms with Gasteiger partial charge in [0.2, 0.25) is 0 Å². The van der Waals surface area contributed by atoms with Crippen LogP contribution in [0.5, 0.6) is 11.5 Å². The first kappa shape index (κ1) is 25.3. The van der Waals surface area contributed by atoms with Crippen molar-refractivity contribution in [3.63, 3.8) is 0 Å². The van der Waals surface area contributed by atoms with Crippen molar-refractivity contribution in [3.8, 4) is 11.5 Å². The number of para-hydroxylation sites is 3. The Morgan fingerprint density at radius 3 is 2.64 bits per heavy atom. The van der Waals surface area contributed by atoms with Gasteiger partial charge in [-0.05, 0) is 67.8 Å². The van der Waals surface area contributed by atoms with Gasteiger partial charge in [0.1, 0.15) is 17.3 Å². The molecule has 0 aliphatic carbocycles. The van der Waals surface area contributed by atoms with Gasteiger partial charge in [0, 0.05) is 11.6 Å². The summed E-state index contributed by atoms with van der Waals surface area (Å²) >= 11 is 5.90. The summed E-state index contributed by atoms with van der Waals surface area (Å²) in [4.78, 5) is 17.4. The molecular weight excluding hydrogens is 474 g/mol. The van der Waals surface area contributed by atoms with Crippen LogP contribution in [0, 0.1) is 0 Å². The first-order valence-electron chi connectivity index (χ1n) is 12.0. The number of ether oxygens (including phenoxy) is 2. The molecule has 1 heterocycles. The second-order valence-electron chi connectivity index (χ2n) is 8.44. The van der Waals surface area contributed by atoms with E-state index in [0.29, 0.717) is 23.9 Å². The maximum absolute atomic E-state index is 12.6. The zero-order valence-electron chi connectivity index (χ0n) is 20.3. The molecule has 7 heteroatoms. The Morgan fingerprint density at radius 2 is 1.83 bits per heavy atom. The van der Waals surface area contributed by atoms with Gasteiger partial charge in [-0.1, -0.05) is 48.0 Å². The number of allylic oxidation sites excluding steroid dienone is 1. The Hall–Kier alpha value is -3.77. The number of hydrogen-bond donors (Lipinski definition) is 1. The summed E-state index contributed by atoms with van der Waals surface area (Å²) in [6.07, 6.45) is 3.43. The van der Waals surface area contributed by atoms with Crippen molar-refractivity contribution in [1.82, 2.24) is 14.9 Å². The number of amides is 1. The van der Waals surface area contributed by atoms with Gasteiger partial charge in [-0.25, -0.2) is 4.98 Å². The Bertz CT molecular complexity index is 1320. The molecule has 1 aromatic heterocycles. The molecule has 0 bridgehead atoms. The van der Waals surface area contributed by atoms with Crippen LogP contribution in [0.15, 0.2) is 85.5 Å². The molecule has 186 valence electrons. The predicted molar refractivity (Wildman–Crippen MR) is 144 cm³/mol. The third-order valence-electron chi connectivity index (χ3n) is 5.75. The Labute approximate surface area is 216 Å². The molecule has 0 spiro atoms. The van der Waals surface area contributed by atoms with Crippen LogP contribution in [-0.4, -0.2) is 28.7 Å². The zero-order valence-corrected chi connectivity index (χ0v) is 21.1. The number of aromatic nitrogens is 2. The van der Waals surface area contributed by atoms with Crippen LogP contribution in [0.2, 0.25) is 5.02 Å². The lowest BCUT2D eigenvalue weighted by atomic mass is 10.1. The molecule has 1 amide bonds. The van der Waals surface area contributed by atoms with Gasteiger partial charge in [-0.3, -0.25) is 4.79 Å². The average molecular weight is 504 g/mol. The highest BCUT2D eigenvalue weighted by atomic mass is 35.5. The van der Waals surface area contributed by atoms with Crippen LogP contribution >= 0.6 is 11.6 Å². The van der Waals surface area contributed by atoms with E-state index in [9.17, 15) is 4.79 Å². The van der Waals surface area contributed by atoms with Crippen molar-refractivity contribution in [2.75, 3.05) is 13.2 Å². The van der Waals surface area contributed by atoms with Gasteiger partial charge in [0.25, 0.3) is 5.91 Å². The lowest BCUT2D eigenvalue weighted by Gasteiger charge is -2.17. The fraction of sp³-hybridized carbons (Fsp3) is 0.241. The largest absolute Gasteiger partial charge is 0.493 e. The van der Waals surface area contributed by atoms with Crippen LogP contribution in [-0.2, 0) is 17.8 Å². The van der Waals surface area contributed by atoms with Crippen molar-refractivity contribution in [1.29, 1.82) is 0 Å². The highest BCUT2D eigenvalue weighted by molar-refractivity contribution is 6.30. The Morgan fingerprint density at radius 1 is 1.08 bits per heavy atom. The maximum atomic E-state index is 12.6. The van der Waals surface area contributed by atoms with E-state index in [4.69, 9.17) is 26.1 Å². The zero-order chi connectivity index (χ0) is 25.3. The van der Waals surface area contributed by atoms with Crippen molar-refractivity contribution in [2.24, 2.45) is 0 Å². The molecule has 1 N–H and O–H groups in total. The van der Waals surface area contributed by atoms with Gasteiger partial charge in [0.15, 0.2) is 6.61 Å². The number of aryl methyl sites for hydroxylation is 1. The molecule has 4 rings (SSSR count). The Kier molecular flexibility index (Phi) is 8.63. The highest BCUT2D eigenvalue weighted by Gasteiger charge is 2.18. The van der Waals surface area contributed by atoms with E-state index in [2.05, 4.69) is 22.5 Å². The number of hydrogen-bond acceptors (Lipinski definition) is 4. The molecule has 36 heavy (non-hydrogen) atoms. The maximum Gasteiger partial charge on any atom is 0.258 e. The number of imidazole rings is 1. The van der Waals surface area contributed by atoms with Gasteiger partial charge >= 0.3 is 0 Å². The highest BCUT2D eigenvalue weighted by Crippen LogP contribution is 2.23. The predicted octanol–water partition coefficient (Wildman–Crippen LogP) is 6.14. The first-order chi connectivity index (χ1) is 17.5. The molecule has 4 aromatic rings. The summed E-state index contributed by atoms with van der Waals surface area (Å²) in [5.41, 5.74) is 3.04. The molecular formula is C29H30ClN3O3. The number of nitrogens with one attached hydrogen (secondary N) is 1. The van der Waals surface area contributed by atoms with Gasteiger partial charge in [-0.2, -0.15) is 0 Å². The molecule has 1 atom stereocenters. The monoisotopic (exact) mass is 503 g/mol. The Balaban J connectivity index is 1.39. The summed E-state index contributed by atoms with van der Waals surface area (Å²) in [6, 6.07) is 22.6. The van der Waals surface area contributed by atoms with Crippen LogP contribution in [0.25, 0.3) is 11.0 Å². The summed E-state index contributed by atoms with van der Waals surface area (Å²) in [6.45, 7) is 6.94. The number of rotatable bonds is 12. The smallest absolute Gasteiger partial charge is 0.258 e. The normalized spacial score (nSPS) is 11.7. The molecule has 0 aliphatic heterocycles. The van der Waals surface area contributed by atoms with E-state index >= 15 is 0 Å². The second kappa shape index (κ2) is 12.3. The van der Waals surface area contributed by atoms with E-state index in [-0.39, 0.29) is 18.6 Å². The van der Waals surface area contributed by atoms with E-state index in [1.165, 1.54) is 0 Å². The molecule has 1 unspecified atom stereocenters. The van der Waals surface area contributed by atoms with E-state index in [1.807, 2.05) is 55.5 Å². The van der Waals surface area contributed by atoms with Gasteiger partial charge in [0.05, 0.1) is 23.7 Å². The number of benzene rings is 3. The number of fused-ring (bicyclic) bond motifs is 1. The van der Waals surface area contributed by atoms with Crippen LogP contribution in [0.1, 0.15) is 30.8 Å². The summed E-state index contributed by atoms with van der Waals surface area (Å²) in [5.74, 6) is 2.04. The van der Waals surface area contributed by atoms with Crippen LogP contribution < -0.4 is 14.8 Å². The van der Waals surface area contributed by atoms with Crippen molar-refractivity contribution in [3.05, 3.63) is 102 Å². The molecule has 0 saturated carbocycles. The summed E-state index contributed by atoms with van der Waals surface area (Å²) in [5, 5.41) is 3.62. The third-order valence-corrected chi connectivity index (χ3v) is 6.00. The number of nitrogens with zero attached hydrogens (tertiary/aromatic N) is 2. The minimum Gasteiger partial charge on any atom is -0.493 e. The van der Waals surface area contributed by atoms with Crippen molar-refractivity contribution < 1.29 is 14.3 Å². The number of carbonyl (C=O) groups excluding carboxylic acids is 1. The van der Waals surface area contributed by atoms with Crippen molar-refractivity contribution in [2.45, 2.75) is 32.4 Å². The quantitative estimate of drug-likeness (QED) is 0.186. The van der Waals surface area contributed by atoms with Crippen molar-refractivity contribution >= 4 is 28.5 Å². The number of carbonyl (C=O) groups is 1. The minimum absolute atomic E-state index is 0.0931. The second-order valence-corrected chi connectivity index (χ2v) is 8.88. The van der Waals surface area contributed by atoms with E-state index in [1.54, 1.807) is 24.3 Å². The molecule has 0 fully saturated rings. The molecule has 0 saturated heterocycles. The number of halogens is 1. The van der Waals surface area contributed by atoms with E-state index in [0.717, 1.165) is 41.0 Å². The first-order valence-corrected chi connectivity index (χ1v) is 12.4. The fourth-order valence-electron chi connectivity index (χ4n) is 4.06. The fourth-order valence-corrected chi connectivity index (χ4v) is 4.19. The van der Waals surface area contributed by atoms with E-state index < -0.39 is 0 Å². The minimum atomic E-state index is -0.298. The third kappa shape index (κ3) is 6.46. The molecule has 0 aliphatic rings. The average Bonchev–Trinajstić information content (AvgIpc) is 3.26. The van der Waals surface area contributed by atoms with Gasteiger partial charge in [-0.15, -0.1) is 6.58 Å². The van der Waals surface area contributed by atoms with Crippen LogP contribution in [0.3, 0.4) is 0 Å². The summed E-state index contributed by atoms with van der Waals surface area (Å²) < 4.78 is 13.8. The lowest BCUT2D eigenvalue weighted by Crippen LogP contribution is -2.32. The molecule has 6 nitrogen and oxygen atoms in total. The summed E-state index contributed by atoms with van der Waals surface area (Å²) in [7, 11) is 0. The lowest BCUT2D eigenvalue weighted by molar-refractivity contribution is -0.123. The van der Waals surface area contributed by atoms with Gasteiger partial charge < -0.3 is 19.4 Å². The van der Waals surface area contributed by atoms with Crippen LogP contribution in [0.4, 0.5) is 0 Å². The topological polar surface area (TPSA) is 65.4 Å². The standard InChI is InChI=1S/C29H30ClN3O3/c1-3-9-22-10-4-7-13-27(22)35-19-8-18-33-26-12-6-5-11-25(26)32-29(33)21(2)31-28(34)20-36-24-16-14-23(30)15-17-24/h3-7,10-17,21H,1,8-9,18-20H2,2H3,(H,31,34). The molecule has 0 radical (unpaired) electrons. The molecule has 3 aromatic carbocycles. The SMILES string of the molecule is C=CCc1ccccc1OCCCn1c(C(C)NC(=O)COc2ccc(Cl)cc2)nc2ccccc21.